The minimum atomic E-state index is -0.714. The van der Waals surface area contributed by atoms with Crippen molar-refractivity contribution in [1.82, 2.24) is 20.2 Å². The van der Waals surface area contributed by atoms with Gasteiger partial charge in [0.25, 0.3) is 5.91 Å². The van der Waals surface area contributed by atoms with Crippen LogP contribution in [-0.2, 0) is 6.54 Å². The minimum absolute atomic E-state index is 0.218. The number of hydrogen-bond donors (Lipinski definition) is 2. The van der Waals surface area contributed by atoms with Crippen LogP contribution in [0, 0.1) is 5.82 Å². The summed E-state index contributed by atoms with van der Waals surface area (Å²) < 4.78 is 13.1. The van der Waals surface area contributed by atoms with Crippen LogP contribution < -0.4 is 5.32 Å². The molecule has 1 fully saturated rings. The van der Waals surface area contributed by atoms with Crippen molar-refractivity contribution < 1.29 is 14.3 Å². The summed E-state index contributed by atoms with van der Waals surface area (Å²) in [6.45, 7) is 1.58. The molecule has 1 aromatic heterocycles. The third-order valence-corrected chi connectivity index (χ3v) is 4.54. The summed E-state index contributed by atoms with van der Waals surface area (Å²) in [4.78, 5) is 21.9. The van der Waals surface area contributed by atoms with Crippen molar-refractivity contribution in [3.05, 3.63) is 58.9 Å². The molecule has 0 spiro atoms. The number of aliphatic hydroxyl groups excluding tert-OH is 1. The van der Waals surface area contributed by atoms with Crippen LogP contribution in [0.1, 0.15) is 22.5 Å². The maximum atomic E-state index is 13.1. The molecule has 2 N–H and O–H groups in total. The zero-order valence-corrected chi connectivity index (χ0v) is 14.2. The number of likely N-dealkylation sites (tertiary alicyclic amines) is 1. The van der Waals surface area contributed by atoms with Gasteiger partial charge >= 0.3 is 0 Å². The lowest BCUT2D eigenvalue weighted by atomic mass is 10.0. The van der Waals surface area contributed by atoms with E-state index in [9.17, 15) is 14.3 Å². The Hall–Kier alpha value is -2.09. The molecule has 6 nitrogen and oxygen atoms in total. The smallest absolute Gasteiger partial charge is 0.271 e. The molecule has 0 aliphatic carbocycles. The lowest BCUT2D eigenvalue weighted by Crippen LogP contribution is -2.53. The second kappa shape index (κ2) is 7.86. The van der Waals surface area contributed by atoms with Gasteiger partial charge in [0, 0.05) is 37.1 Å². The van der Waals surface area contributed by atoms with Crippen LogP contribution in [-0.4, -0.2) is 51.1 Å². The lowest BCUT2D eigenvalue weighted by Gasteiger charge is -2.36. The third-order valence-electron chi connectivity index (χ3n) is 4.19. The standard InChI is InChI=1S/C17H18ClFN4O2/c18-13-7-12(19)2-1-11(13)9-23-6-3-14(16(24)10-23)22-17(25)15-8-20-4-5-21-15/h1-2,4-5,7-8,14,16,24H,3,6,9-10H2,(H,22,25). The quantitative estimate of drug-likeness (QED) is 0.862. The molecular weight excluding hydrogens is 347 g/mol. The fourth-order valence-electron chi connectivity index (χ4n) is 2.86. The summed E-state index contributed by atoms with van der Waals surface area (Å²) in [5.41, 5.74) is 1.02. The number of amides is 1. The van der Waals surface area contributed by atoms with Crippen LogP contribution in [0.15, 0.2) is 36.8 Å². The van der Waals surface area contributed by atoms with E-state index < -0.39 is 6.10 Å². The van der Waals surface area contributed by atoms with Crippen LogP contribution in [0.5, 0.6) is 0 Å². The van der Waals surface area contributed by atoms with Gasteiger partial charge in [0.15, 0.2) is 0 Å². The number of aliphatic hydroxyl groups is 1. The summed E-state index contributed by atoms with van der Waals surface area (Å²) >= 11 is 6.05. The van der Waals surface area contributed by atoms with Crippen LogP contribution in [0.4, 0.5) is 4.39 Å². The second-order valence-electron chi connectivity index (χ2n) is 6.00. The number of hydrogen-bond acceptors (Lipinski definition) is 5. The zero-order chi connectivity index (χ0) is 17.8. The molecular formula is C17H18ClFN4O2. The van der Waals surface area contributed by atoms with Crippen molar-refractivity contribution in [2.75, 3.05) is 13.1 Å². The summed E-state index contributed by atoms with van der Waals surface area (Å²) in [5.74, 6) is -0.730. The summed E-state index contributed by atoms with van der Waals surface area (Å²) in [5, 5.41) is 13.5. The molecule has 0 radical (unpaired) electrons. The van der Waals surface area contributed by atoms with E-state index in [1.54, 1.807) is 6.07 Å². The molecule has 1 aliphatic heterocycles. The van der Waals surface area contributed by atoms with Crippen LogP contribution in [0.25, 0.3) is 0 Å². The van der Waals surface area contributed by atoms with Crippen molar-refractivity contribution in [3.8, 4) is 0 Å². The summed E-state index contributed by atoms with van der Waals surface area (Å²) in [6.07, 6.45) is 4.19. The molecule has 3 rings (SSSR count). The lowest BCUT2D eigenvalue weighted by molar-refractivity contribution is 0.0348. The van der Waals surface area contributed by atoms with Crippen molar-refractivity contribution in [1.29, 1.82) is 0 Å². The molecule has 0 saturated carbocycles. The van der Waals surface area contributed by atoms with E-state index in [0.29, 0.717) is 31.1 Å². The molecule has 2 unspecified atom stereocenters. The first-order valence-corrected chi connectivity index (χ1v) is 8.32. The number of rotatable bonds is 4. The number of β-amino-alcohol motifs (C(OH)–C–C–N with tert-alkyl or cyclic N) is 1. The predicted molar refractivity (Wildman–Crippen MR) is 90.6 cm³/mol. The number of halogens is 2. The highest BCUT2D eigenvalue weighted by Crippen LogP contribution is 2.21. The van der Waals surface area contributed by atoms with Crippen LogP contribution in [0.3, 0.4) is 0 Å². The highest BCUT2D eigenvalue weighted by atomic mass is 35.5. The SMILES string of the molecule is O=C(NC1CCN(Cc2ccc(F)cc2Cl)CC1O)c1cnccn1. The number of nitrogens with one attached hydrogen (secondary N) is 1. The van der Waals surface area contributed by atoms with Crippen molar-refractivity contribution in [3.63, 3.8) is 0 Å². The first-order valence-electron chi connectivity index (χ1n) is 7.94. The molecule has 1 saturated heterocycles. The normalized spacial score (nSPS) is 21.1. The Bertz CT molecular complexity index is 747. The van der Waals surface area contributed by atoms with E-state index in [-0.39, 0.29) is 23.5 Å². The van der Waals surface area contributed by atoms with Crippen LogP contribution in [0.2, 0.25) is 5.02 Å². The molecule has 132 valence electrons. The van der Waals surface area contributed by atoms with Crippen molar-refractivity contribution in [2.45, 2.75) is 25.1 Å². The highest BCUT2D eigenvalue weighted by molar-refractivity contribution is 6.31. The topological polar surface area (TPSA) is 78.4 Å². The van der Waals surface area contributed by atoms with Crippen LogP contribution >= 0.6 is 11.6 Å². The number of aromatic nitrogens is 2. The average Bonchev–Trinajstić information content (AvgIpc) is 2.60. The van der Waals surface area contributed by atoms with Gasteiger partial charge in [-0.3, -0.25) is 14.7 Å². The van der Waals surface area contributed by atoms with Crippen molar-refractivity contribution in [2.24, 2.45) is 0 Å². The van der Waals surface area contributed by atoms with E-state index in [4.69, 9.17) is 11.6 Å². The van der Waals surface area contributed by atoms with E-state index in [0.717, 1.165) is 5.56 Å². The molecule has 2 heterocycles. The number of nitrogens with zero attached hydrogens (tertiary/aromatic N) is 3. The predicted octanol–water partition coefficient (Wildman–Crippen LogP) is 1.63. The zero-order valence-electron chi connectivity index (χ0n) is 13.4. The highest BCUT2D eigenvalue weighted by Gasteiger charge is 2.29. The van der Waals surface area contributed by atoms with E-state index >= 15 is 0 Å². The number of carbonyl (C=O) groups excluding carboxylic acids is 1. The molecule has 25 heavy (non-hydrogen) atoms. The van der Waals surface area contributed by atoms with Gasteiger partial charge in [-0.1, -0.05) is 17.7 Å². The maximum Gasteiger partial charge on any atom is 0.271 e. The third kappa shape index (κ3) is 4.50. The second-order valence-corrected chi connectivity index (χ2v) is 6.40. The Morgan fingerprint density at radius 3 is 2.96 bits per heavy atom. The Balaban J connectivity index is 1.56. The molecule has 2 aromatic rings. The Morgan fingerprint density at radius 2 is 2.28 bits per heavy atom. The largest absolute Gasteiger partial charge is 0.390 e. The Morgan fingerprint density at radius 1 is 1.44 bits per heavy atom. The Labute approximate surface area is 149 Å². The first kappa shape index (κ1) is 17.7. The van der Waals surface area contributed by atoms with E-state index in [1.807, 2.05) is 4.90 Å². The first-order chi connectivity index (χ1) is 12.0. The molecule has 1 aliphatic rings. The number of benzene rings is 1. The van der Waals surface area contributed by atoms with Crippen molar-refractivity contribution >= 4 is 17.5 Å². The molecule has 0 bridgehead atoms. The maximum absolute atomic E-state index is 13.1. The van der Waals surface area contributed by atoms with Gasteiger partial charge in [-0.15, -0.1) is 0 Å². The van der Waals surface area contributed by atoms with Gasteiger partial charge in [0.2, 0.25) is 0 Å². The summed E-state index contributed by atoms with van der Waals surface area (Å²) in [7, 11) is 0. The molecule has 1 amide bonds. The average molecular weight is 365 g/mol. The Kier molecular flexibility index (Phi) is 5.57. The van der Waals surface area contributed by atoms with E-state index in [2.05, 4.69) is 15.3 Å². The molecule has 8 heteroatoms. The monoisotopic (exact) mass is 364 g/mol. The minimum Gasteiger partial charge on any atom is -0.390 e. The van der Waals surface area contributed by atoms with Gasteiger partial charge in [-0.25, -0.2) is 9.37 Å². The molecule has 1 aromatic carbocycles. The summed E-state index contributed by atoms with van der Waals surface area (Å²) in [6, 6.07) is 3.94. The van der Waals surface area contributed by atoms with Gasteiger partial charge in [-0.2, -0.15) is 0 Å². The van der Waals surface area contributed by atoms with Gasteiger partial charge < -0.3 is 10.4 Å². The fourth-order valence-corrected chi connectivity index (χ4v) is 3.09. The fraction of sp³-hybridized carbons (Fsp3) is 0.353. The van der Waals surface area contributed by atoms with E-state index in [1.165, 1.54) is 30.7 Å². The molecule has 2 atom stereocenters. The van der Waals surface area contributed by atoms with Gasteiger partial charge in [0.1, 0.15) is 11.5 Å². The van der Waals surface area contributed by atoms with Gasteiger partial charge in [0.05, 0.1) is 18.3 Å². The number of piperidine rings is 1. The van der Waals surface area contributed by atoms with Gasteiger partial charge in [-0.05, 0) is 24.1 Å². The number of carbonyl (C=O) groups is 1.